The molecule has 0 aliphatic rings. The molecule has 1 aromatic heterocycles. The van der Waals surface area contributed by atoms with Crippen molar-refractivity contribution in [1.29, 1.82) is 0 Å². The number of hydrogen-bond acceptors (Lipinski definition) is 7. The Kier molecular flexibility index (Phi) is 7.41. The molecule has 13 heteroatoms. The highest BCUT2D eigenvalue weighted by molar-refractivity contribution is 7.92. The van der Waals surface area contributed by atoms with E-state index in [0.717, 1.165) is 22.6 Å². The van der Waals surface area contributed by atoms with Gasteiger partial charge in [-0.05, 0) is 35.9 Å². The predicted molar refractivity (Wildman–Crippen MR) is 130 cm³/mol. The summed E-state index contributed by atoms with van der Waals surface area (Å²) in [5.41, 5.74) is -0.330. The molecule has 9 nitrogen and oxygen atoms in total. The van der Waals surface area contributed by atoms with Gasteiger partial charge in [0.1, 0.15) is 11.4 Å². The normalized spacial score (nSPS) is 11.7. The first-order valence-electron chi connectivity index (χ1n) is 10.9. The van der Waals surface area contributed by atoms with Crippen LogP contribution in [-0.4, -0.2) is 31.8 Å². The third kappa shape index (κ3) is 5.33. The summed E-state index contributed by atoms with van der Waals surface area (Å²) in [4.78, 5) is 15.5. The van der Waals surface area contributed by atoms with Crippen molar-refractivity contribution in [2.24, 2.45) is 0 Å². The van der Waals surface area contributed by atoms with Gasteiger partial charge in [-0.3, -0.25) is 14.5 Å². The lowest BCUT2D eigenvalue weighted by molar-refractivity contribution is -0.136. The zero-order valence-corrected chi connectivity index (χ0v) is 20.5. The number of para-hydroxylation sites is 1. The lowest BCUT2D eigenvalue weighted by Gasteiger charge is -2.28. The number of amides is 1. The molecule has 0 radical (unpaired) electrons. The summed E-state index contributed by atoms with van der Waals surface area (Å²) in [6, 6.07) is 16.8. The minimum atomic E-state index is -4.81. The van der Waals surface area contributed by atoms with Crippen LogP contribution in [0.3, 0.4) is 0 Å². The van der Waals surface area contributed by atoms with Gasteiger partial charge in [0.15, 0.2) is 5.75 Å². The van der Waals surface area contributed by atoms with Crippen molar-refractivity contribution < 1.29 is 41.1 Å². The van der Waals surface area contributed by atoms with Gasteiger partial charge in [0.25, 0.3) is 10.0 Å². The van der Waals surface area contributed by atoms with Crippen molar-refractivity contribution >= 4 is 32.7 Å². The lowest BCUT2D eigenvalue weighted by atomic mass is 10.1. The van der Waals surface area contributed by atoms with E-state index < -0.39 is 39.1 Å². The molecule has 0 spiro atoms. The predicted octanol–water partition coefficient (Wildman–Crippen LogP) is 5.14. The number of aromatic nitrogens is 1. The summed E-state index contributed by atoms with van der Waals surface area (Å²) < 4.78 is 80.4. The number of fused-ring (bicyclic) bond motifs is 1. The molecule has 0 bridgehead atoms. The van der Waals surface area contributed by atoms with Gasteiger partial charge in [-0.25, -0.2) is 18.7 Å². The average Bonchev–Trinajstić information content (AvgIpc) is 2.91. The second-order valence-electron chi connectivity index (χ2n) is 7.84. The van der Waals surface area contributed by atoms with Crippen molar-refractivity contribution in [3.8, 4) is 11.5 Å². The zero-order chi connectivity index (χ0) is 27.5. The quantitative estimate of drug-likeness (QED) is 0.243. The van der Waals surface area contributed by atoms with E-state index in [1.807, 2.05) is 0 Å². The Morgan fingerprint density at radius 1 is 1.03 bits per heavy atom. The maximum absolute atomic E-state index is 14.0. The number of halogens is 3. The molecule has 38 heavy (non-hydrogen) atoms. The fraction of sp³-hybridized carbons (Fsp3) is 0.120. The molecule has 0 aliphatic heterocycles. The van der Waals surface area contributed by atoms with Crippen LogP contribution in [0.2, 0.25) is 0 Å². The van der Waals surface area contributed by atoms with Crippen LogP contribution >= 0.6 is 0 Å². The number of rotatable bonds is 7. The molecule has 1 heterocycles. The van der Waals surface area contributed by atoms with Crippen LogP contribution in [0.25, 0.3) is 10.9 Å². The van der Waals surface area contributed by atoms with E-state index in [4.69, 9.17) is 14.7 Å². The molecule has 198 valence electrons. The molecule has 0 fully saturated rings. The van der Waals surface area contributed by atoms with Crippen LogP contribution in [0.1, 0.15) is 11.1 Å². The standard InChI is InChI=1S/C25H20F3N3O6S/c1-36-17-10-12-18(13-11-17)38(34,35)31(15-16-6-3-2-4-7-16)23-19-8-5-9-20(25(26,27)28)22(19)29-14-21(23)37-24(32)30-33/h2-14,33H,15H2,1H3,(H,30,32). The van der Waals surface area contributed by atoms with Crippen LogP contribution in [-0.2, 0) is 22.7 Å². The van der Waals surface area contributed by atoms with Gasteiger partial charge < -0.3 is 9.47 Å². The number of alkyl halides is 3. The Bertz CT molecular complexity index is 1560. The first-order chi connectivity index (χ1) is 18.1. The molecule has 0 atom stereocenters. The number of methoxy groups -OCH3 is 1. The maximum atomic E-state index is 14.0. The first-order valence-corrected chi connectivity index (χ1v) is 12.3. The van der Waals surface area contributed by atoms with Crippen LogP contribution in [0.15, 0.2) is 83.9 Å². The molecule has 2 N–H and O–H groups in total. The summed E-state index contributed by atoms with van der Waals surface area (Å²) in [7, 11) is -3.08. The van der Waals surface area contributed by atoms with Gasteiger partial charge in [-0.2, -0.15) is 13.2 Å². The van der Waals surface area contributed by atoms with E-state index >= 15 is 0 Å². The highest BCUT2D eigenvalue weighted by atomic mass is 32.2. The van der Waals surface area contributed by atoms with Crippen molar-refractivity contribution in [2.45, 2.75) is 17.6 Å². The van der Waals surface area contributed by atoms with Crippen LogP contribution < -0.4 is 19.3 Å². The molecule has 1 amide bonds. The Labute approximate surface area is 215 Å². The Morgan fingerprint density at radius 3 is 2.32 bits per heavy atom. The Balaban J connectivity index is 2.04. The fourth-order valence-electron chi connectivity index (χ4n) is 3.78. The van der Waals surface area contributed by atoms with E-state index in [2.05, 4.69) is 4.98 Å². The number of nitrogens with zero attached hydrogens (tertiary/aromatic N) is 2. The molecule has 0 saturated carbocycles. The molecule has 0 saturated heterocycles. The number of pyridine rings is 1. The number of hydroxylamine groups is 1. The van der Waals surface area contributed by atoms with Gasteiger partial charge in [0, 0.05) is 5.39 Å². The second-order valence-corrected chi connectivity index (χ2v) is 9.71. The minimum absolute atomic E-state index is 0.205. The van der Waals surface area contributed by atoms with Crippen LogP contribution in [0.4, 0.5) is 23.7 Å². The summed E-state index contributed by atoms with van der Waals surface area (Å²) in [6.07, 6.45) is -5.42. The average molecular weight is 548 g/mol. The van der Waals surface area contributed by atoms with E-state index in [9.17, 15) is 26.4 Å². The molecule has 4 aromatic rings. The third-order valence-electron chi connectivity index (χ3n) is 5.50. The van der Waals surface area contributed by atoms with Crippen LogP contribution in [0.5, 0.6) is 11.5 Å². The molecular formula is C25H20F3N3O6S. The van der Waals surface area contributed by atoms with Gasteiger partial charge in [-0.1, -0.05) is 42.5 Å². The number of hydrogen-bond donors (Lipinski definition) is 2. The number of sulfonamides is 1. The number of nitrogens with one attached hydrogen (secondary N) is 1. The largest absolute Gasteiger partial charge is 0.497 e. The van der Waals surface area contributed by atoms with Gasteiger partial charge in [0.05, 0.1) is 35.8 Å². The number of carbonyl (C=O) groups excluding carboxylic acids is 1. The van der Waals surface area contributed by atoms with Gasteiger partial charge >= 0.3 is 12.3 Å². The minimum Gasteiger partial charge on any atom is -0.497 e. The Hall–Kier alpha value is -4.36. The third-order valence-corrected chi connectivity index (χ3v) is 7.26. The first kappa shape index (κ1) is 26.7. The van der Waals surface area contributed by atoms with Crippen molar-refractivity contribution in [1.82, 2.24) is 10.5 Å². The zero-order valence-electron chi connectivity index (χ0n) is 19.6. The smallest absolute Gasteiger partial charge is 0.436 e. The lowest BCUT2D eigenvalue weighted by Crippen LogP contribution is -2.32. The SMILES string of the molecule is COc1ccc(S(=O)(=O)N(Cc2ccccc2)c2c(OC(=O)NO)cnc3c(C(F)(F)F)cccc23)cc1. The molecule has 0 aliphatic carbocycles. The maximum Gasteiger partial charge on any atom is 0.436 e. The second kappa shape index (κ2) is 10.6. The van der Waals surface area contributed by atoms with E-state index in [0.29, 0.717) is 11.3 Å². The molecule has 4 rings (SSSR count). The van der Waals surface area contributed by atoms with Crippen molar-refractivity contribution in [3.05, 3.63) is 90.1 Å². The van der Waals surface area contributed by atoms with Gasteiger partial charge in [-0.15, -0.1) is 0 Å². The van der Waals surface area contributed by atoms with Crippen LogP contribution in [0, 0.1) is 0 Å². The summed E-state index contributed by atoms with van der Waals surface area (Å²) in [6.45, 7) is -0.346. The Morgan fingerprint density at radius 2 is 1.71 bits per heavy atom. The fourth-order valence-corrected chi connectivity index (χ4v) is 5.26. The number of benzene rings is 3. The number of ether oxygens (including phenoxy) is 2. The highest BCUT2D eigenvalue weighted by Crippen LogP contribution is 2.43. The van der Waals surface area contributed by atoms with Gasteiger partial charge in [0.2, 0.25) is 0 Å². The van der Waals surface area contributed by atoms with E-state index in [1.165, 1.54) is 42.9 Å². The van der Waals surface area contributed by atoms with Crippen molar-refractivity contribution in [2.75, 3.05) is 11.4 Å². The summed E-state index contributed by atoms with van der Waals surface area (Å²) in [5, 5.41) is 8.72. The monoisotopic (exact) mass is 547 g/mol. The number of anilines is 1. The van der Waals surface area contributed by atoms with E-state index in [-0.39, 0.29) is 22.5 Å². The van der Waals surface area contributed by atoms with Crippen molar-refractivity contribution in [3.63, 3.8) is 0 Å². The van der Waals surface area contributed by atoms with E-state index in [1.54, 1.807) is 30.3 Å². The summed E-state index contributed by atoms with van der Waals surface area (Å²) in [5.74, 6) is -0.122. The summed E-state index contributed by atoms with van der Waals surface area (Å²) >= 11 is 0. The molecule has 0 unspecified atom stereocenters. The molecular weight excluding hydrogens is 527 g/mol. The molecule has 3 aromatic carbocycles. The number of carbonyl (C=O) groups is 1. The highest BCUT2D eigenvalue weighted by Gasteiger charge is 2.36. The topological polar surface area (TPSA) is 118 Å².